The molecule has 0 aromatic rings. The van der Waals surface area contributed by atoms with Gasteiger partial charge < -0.3 is 14.7 Å². The highest BCUT2D eigenvalue weighted by Crippen LogP contribution is 2.18. The van der Waals surface area contributed by atoms with Crippen LogP contribution in [-0.4, -0.2) is 49.3 Å². The van der Waals surface area contributed by atoms with Gasteiger partial charge in [0.25, 0.3) is 0 Å². The van der Waals surface area contributed by atoms with Gasteiger partial charge in [-0.3, -0.25) is 4.79 Å². The molecule has 1 heterocycles. The number of likely N-dealkylation sites (tertiary alicyclic amines) is 1. The zero-order valence-electron chi connectivity index (χ0n) is 8.90. The number of carbonyl (C=O) groups excluding carboxylic acids is 1. The van der Waals surface area contributed by atoms with Crippen LogP contribution in [0.1, 0.15) is 13.3 Å². The molecule has 1 N–H and O–H groups in total. The van der Waals surface area contributed by atoms with Gasteiger partial charge in [-0.25, -0.2) is 0 Å². The van der Waals surface area contributed by atoms with Gasteiger partial charge in [-0.05, 0) is 5.92 Å². The van der Waals surface area contributed by atoms with Gasteiger partial charge in [0, 0.05) is 39.1 Å². The first-order valence-electron chi connectivity index (χ1n) is 5.05. The summed E-state index contributed by atoms with van der Waals surface area (Å²) in [5.41, 5.74) is 0. The molecular formula is C10H19NO3. The van der Waals surface area contributed by atoms with Crippen LogP contribution in [0.2, 0.25) is 0 Å². The minimum atomic E-state index is 0.112. The summed E-state index contributed by atoms with van der Waals surface area (Å²) in [4.78, 5) is 13.3. The number of hydrogen-bond donors (Lipinski definition) is 1. The molecule has 2 atom stereocenters. The highest BCUT2D eigenvalue weighted by molar-refractivity contribution is 5.78. The molecule has 1 rings (SSSR count). The molecule has 2 unspecified atom stereocenters. The maximum absolute atomic E-state index is 11.5. The van der Waals surface area contributed by atoms with Crippen LogP contribution >= 0.6 is 0 Å². The average Bonchev–Trinajstić information content (AvgIpc) is 2.48. The number of aliphatic hydroxyl groups is 1. The number of ether oxygens (including phenoxy) is 1. The molecule has 1 aliphatic heterocycles. The van der Waals surface area contributed by atoms with Crippen molar-refractivity contribution in [1.29, 1.82) is 0 Å². The zero-order valence-corrected chi connectivity index (χ0v) is 8.90. The molecule has 1 saturated heterocycles. The van der Waals surface area contributed by atoms with E-state index in [0.29, 0.717) is 25.5 Å². The average molecular weight is 201 g/mol. The van der Waals surface area contributed by atoms with Crippen molar-refractivity contribution >= 4 is 5.91 Å². The third kappa shape index (κ3) is 2.96. The first kappa shape index (κ1) is 11.5. The quantitative estimate of drug-likeness (QED) is 0.687. The van der Waals surface area contributed by atoms with Crippen molar-refractivity contribution in [3.63, 3.8) is 0 Å². The van der Waals surface area contributed by atoms with Gasteiger partial charge in [0.2, 0.25) is 5.91 Å². The monoisotopic (exact) mass is 201 g/mol. The summed E-state index contributed by atoms with van der Waals surface area (Å²) in [6.07, 6.45) is 0.496. The SMILES string of the molecule is COCC(C)CN1CC(CO)CC1=O. The van der Waals surface area contributed by atoms with Crippen LogP contribution in [0.4, 0.5) is 0 Å². The van der Waals surface area contributed by atoms with Crippen molar-refractivity contribution in [1.82, 2.24) is 4.90 Å². The second-order valence-electron chi connectivity index (χ2n) is 4.11. The molecular weight excluding hydrogens is 182 g/mol. The second-order valence-corrected chi connectivity index (χ2v) is 4.11. The molecule has 4 nitrogen and oxygen atoms in total. The fourth-order valence-corrected chi connectivity index (χ4v) is 1.87. The van der Waals surface area contributed by atoms with E-state index in [-0.39, 0.29) is 18.4 Å². The maximum Gasteiger partial charge on any atom is 0.223 e. The molecule has 0 aliphatic carbocycles. The summed E-state index contributed by atoms with van der Waals surface area (Å²) >= 11 is 0. The number of hydrogen-bond acceptors (Lipinski definition) is 3. The number of aliphatic hydroxyl groups excluding tert-OH is 1. The van der Waals surface area contributed by atoms with Crippen LogP contribution in [0, 0.1) is 11.8 Å². The Bertz CT molecular complexity index is 196. The Kier molecular flexibility index (Phi) is 4.35. The Balaban J connectivity index is 2.34. The van der Waals surface area contributed by atoms with Crippen molar-refractivity contribution < 1.29 is 14.6 Å². The summed E-state index contributed by atoms with van der Waals surface area (Å²) in [5.74, 6) is 0.658. The van der Waals surface area contributed by atoms with E-state index >= 15 is 0 Å². The Morgan fingerprint density at radius 2 is 2.43 bits per heavy atom. The van der Waals surface area contributed by atoms with Gasteiger partial charge in [-0.2, -0.15) is 0 Å². The molecule has 0 saturated carbocycles. The normalized spacial score (nSPS) is 24.4. The standard InChI is InChI=1S/C10H19NO3/c1-8(7-14-2)4-11-5-9(6-12)3-10(11)13/h8-9,12H,3-7H2,1-2H3. The number of carbonyl (C=O) groups is 1. The van der Waals surface area contributed by atoms with Crippen molar-refractivity contribution in [2.45, 2.75) is 13.3 Å². The molecule has 0 spiro atoms. The van der Waals surface area contributed by atoms with E-state index < -0.39 is 0 Å². The van der Waals surface area contributed by atoms with Crippen molar-refractivity contribution in [3.8, 4) is 0 Å². The molecule has 1 amide bonds. The third-order valence-corrected chi connectivity index (χ3v) is 2.54. The summed E-state index contributed by atoms with van der Waals surface area (Å²) < 4.78 is 5.01. The second kappa shape index (κ2) is 5.32. The van der Waals surface area contributed by atoms with E-state index in [1.807, 2.05) is 4.90 Å². The van der Waals surface area contributed by atoms with Crippen LogP contribution in [0.3, 0.4) is 0 Å². The lowest BCUT2D eigenvalue weighted by Crippen LogP contribution is -2.31. The van der Waals surface area contributed by atoms with Crippen molar-refractivity contribution in [2.24, 2.45) is 11.8 Å². The number of methoxy groups -OCH3 is 1. The van der Waals surface area contributed by atoms with Crippen molar-refractivity contribution in [3.05, 3.63) is 0 Å². The van der Waals surface area contributed by atoms with Gasteiger partial charge >= 0.3 is 0 Å². The fourth-order valence-electron chi connectivity index (χ4n) is 1.87. The molecule has 0 aromatic carbocycles. The minimum absolute atomic E-state index is 0.112. The first-order chi connectivity index (χ1) is 6.67. The number of nitrogens with zero attached hydrogens (tertiary/aromatic N) is 1. The third-order valence-electron chi connectivity index (χ3n) is 2.54. The van der Waals surface area contributed by atoms with E-state index in [1.165, 1.54) is 0 Å². The van der Waals surface area contributed by atoms with E-state index in [0.717, 1.165) is 6.54 Å². The highest BCUT2D eigenvalue weighted by Gasteiger charge is 2.29. The lowest BCUT2D eigenvalue weighted by atomic mass is 10.1. The van der Waals surface area contributed by atoms with Crippen LogP contribution < -0.4 is 0 Å². The van der Waals surface area contributed by atoms with E-state index in [2.05, 4.69) is 6.92 Å². The lowest BCUT2D eigenvalue weighted by Gasteiger charge is -2.20. The van der Waals surface area contributed by atoms with Gasteiger partial charge in [-0.15, -0.1) is 0 Å². The smallest absolute Gasteiger partial charge is 0.223 e. The summed E-state index contributed by atoms with van der Waals surface area (Å²) in [6.45, 7) is 4.28. The van der Waals surface area contributed by atoms with Crippen LogP contribution in [0.15, 0.2) is 0 Å². The minimum Gasteiger partial charge on any atom is -0.396 e. The molecule has 14 heavy (non-hydrogen) atoms. The highest BCUT2D eigenvalue weighted by atomic mass is 16.5. The molecule has 0 aromatic heterocycles. The van der Waals surface area contributed by atoms with Crippen molar-refractivity contribution in [2.75, 3.05) is 33.4 Å². The predicted octanol–water partition coefficient (Wildman–Crippen LogP) is 0.110. The van der Waals surface area contributed by atoms with Gasteiger partial charge in [0.05, 0.1) is 6.61 Å². The Morgan fingerprint density at radius 3 is 2.93 bits per heavy atom. The summed E-state index contributed by atoms with van der Waals surface area (Å²) in [6, 6.07) is 0. The van der Waals surface area contributed by atoms with Crippen LogP contribution in [0.25, 0.3) is 0 Å². The summed E-state index contributed by atoms with van der Waals surface area (Å²) in [5, 5.41) is 8.94. The first-order valence-corrected chi connectivity index (χ1v) is 5.05. The Morgan fingerprint density at radius 1 is 1.71 bits per heavy atom. The van der Waals surface area contributed by atoms with E-state index in [4.69, 9.17) is 9.84 Å². The molecule has 1 fully saturated rings. The van der Waals surface area contributed by atoms with Gasteiger partial charge in [0.1, 0.15) is 0 Å². The van der Waals surface area contributed by atoms with E-state index in [1.54, 1.807) is 7.11 Å². The topological polar surface area (TPSA) is 49.8 Å². The Hall–Kier alpha value is -0.610. The number of amides is 1. The Labute approximate surface area is 84.8 Å². The van der Waals surface area contributed by atoms with Crippen LogP contribution in [0.5, 0.6) is 0 Å². The zero-order chi connectivity index (χ0) is 10.6. The predicted molar refractivity (Wildman–Crippen MR) is 52.8 cm³/mol. The molecule has 0 radical (unpaired) electrons. The molecule has 0 bridgehead atoms. The summed E-state index contributed by atoms with van der Waals surface area (Å²) in [7, 11) is 1.67. The maximum atomic E-state index is 11.5. The van der Waals surface area contributed by atoms with Crippen LogP contribution in [-0.2, 0) is 9.53 Å². The lowest BCUT2D eigenvalue weighted by molar-refractivity contribution is -0.128. The molecule has 4 heteroatoms. The molecule has 1 aliphatic rings. The molecule has 82 valence electrons. The van der Waals surface area contributed by atoms with E-state index in [9.17, 15) is 4.79 Å². The largest absolute Gasteiger partial charge is 0.396 e. The number of rotatable bonds is 5. The van der Waals surface area contributed by atoms with Gasteiger partial charge in [0.15, 0.2) is 0 Å². The van der Waals surface area contributed by atoms with Gasteiger partial charge in [-0.1, -0.05) is 6.92 Å². The fraction of sp³-hybridized carbons (Fsp3) is 0.900.